The van der Waals surface area contributed by atoms with Crippen LogP contribution in [0.2, 0.25) is 0 Å². The molecule has 0 spiro atoms. The van der Waals surface area contributed by atoms with Crippen molar-refractivity contribution in [2.75, 3.05) is 20.3 Å². The Morgan fingerprint density at radius 1 is 1.60 bits per heavy atom. The van der Waals surface area contributed by atoms with E-state index in [1.807, 2.05) is 0 Å². The van der Waals surface area contributed by atoms with E-state index < -0.39 is 5.97 Å². The summed E-state index contributed by atoms with van der Waals surface area (Å²) >= 11 is 0. The Labute approximate surface area is 90.6 Å². The summed E-state index contributed by atoms with van der Waals surface area (Å²) in [6.45, 7) is 2.93. The van der Waals surface area contributed by atoms with E-state index in [0.717, 1.165) is 25.9 Å². The Balaban J connectivity index is 2.59. The highest BCUT2D eigenvalue weighted by molar-refractivity contribution is 5.69. The third kappa shape index (κ3) is 3.47. The maximum atomic E-state index is 10.8. The van der Waals surface area contributed by atoms with E-state index in [4.69, 9.17) is 14.6 Å². The first-order valence-electron chi connectivity index (χ1n) is 5.45. The van der Waals surface area contributed by atoms with Gasteiger partial charge in [-0.1, -0.05) is 6.92 Å². The number of hydrogen-bond acceptors (Lipinski definition) is 3. The molecule has 0 aromatic heterocycles. The standard InChI is InChI=1S/C11H20O4/c1-9(10(12)13)7-11(8-14-2)5-3-4-6-15-11/h9H,3-8H2,1-2H3,(H,12,13). The number of carboxylic acids is 1. The molecule has 4 nitrogen and oxygen atoms in total. The number of ether oxygens (including phenoxy) is 2. The third-order valence-corrected chi connectivity index (χ3v) is 2.94. The lowest BCUT2D eigenvalue weighted by Crippen LogP contribution is -2.43. The molecule has 1 saturated heterocycles. The predicted octanol–water partition coefficient (Wildman–Crippen LogP) is 1.68. The Kier molecular flexibility index (Phi) is 4.54. The summed E-state index contributed by atoms with van der Waals surface area (Å²) in [6.07, 6.45) is 3.59. The lowest BCUT2D eigenvalue weighted by Gasteiger charge is -2.37. The predicted molar refractivity (Wildman–Crippen MR) is 55.8 cm³/mol. The highest BCUT2D eigenvalue weighted by atomic mass is 16.5. The first kappa shape index (κ1) is 12.5. The molecule has 1 N–H and O–H groups in total. The molecule has 88 valence electrons. The molecule has 1 aliphatic heterocycles. The molecule has 0 aromatic rings. The smallest absolute Gasteiger partial charge is 0.306 e. The van der Waals surface area contributed by atoms with E-state index in [1.165, 1.54) is 0 Å². The quantitative estimate of drug-likeness (QED) is 0.759. The summed E-state index contributed by atoms with van der Waals surface area (Å²) in [4.78, 5) is 10.8. The molecule has 4 heteroatoms. The molecule has 2 unspecified atom stereocenters. The summed E-state index contributed by atoms with van der Waals surface area (Å²) in [5.41, 5.74) is -0.370. The zero-order chi connectivity index (χ0) is 11.3. The molecule has 1 aliphatic rings. The van der Waals surface area contributed by atoms with Crippen molar-refractivity contribution in [2.24, 2.45) is 5.92 Å². The van der Waals surface area contributed by atoms with Crippen molar-refractivity contribution in [3.63, 3.8) is 0 Å². The molecule has 1 fully saturated rings. The summed E-state index contributed by atoms with van der Waals surface area (Å²) in [7, 11) is 1.63. The monoisotopic (exact) mass is 216 g/mol. The van der Waals surface area contributed by atoms with Gasteiger partial charge in [0.1, 0.15) is 0 Å². The first-order chi connectivity index (χ1) is 7.09. The zero-order valence-corrected chi connectivity index (χ0v) is 9.49. The van der Waals surface area contributed by atoms with Gasteiger partial charge in [-0.15, -0.1) is 0 Å². The van der Waals surface area contributed by atoms with Gasteiger partial charge < -0.3 is 14.6 Å². The van der Waals surface area contributed by atoms with Crippen LogP contribution in [0.4, 0.5) is 0 Å². The van der Waals surface area contributed by atoms with Gasteiger partial charge in [0.2, 0.25) is 0 Å². The third-order valence-electron chi connectivity index (χ3n) is 2.94. The minimum absolute atomic E-state index is 0.370. The van der Waals surface area contributed by atoms with Gasteiger partial charge in [-0.3, -0.25) is 4.79 Å². The Hall–Kier alpha value is -0.610. The van der Waals surface area contributed by atoms with Crippen LogP contribution in [-0.4, -0.2) is 37.0 Å². The second-order valence-corrected chi connectivity index (χ2v) is 4.37. The van der Waals surface area contributed by atoms with Gasteiger partial charge in [0.25, 0.3) is 0 Å². The Morgan fingerprint density at radius 2 is 2.33 bits per heavy atom. The lowest BCUT2D eigenvalue weighted by molar-refractivity contribution is -0.152. The van der Waals surface area contributed by atoms with Crippen LogP contribution in [0.3, 0.4) is 0 Å². The van der Waals surface area contributed by atoms with Gasteiger partial charge in [-0.25, -0.2) is 0 Å². The van der Waals surface area contributed by atoms with E-state index >= 15 is 0 Å². The zero-order valence-electron chi connectivity index (χ0n) is 9.49. The van der Waals surface area contributed by atoms with Crippen molar-refractivity contribution in [3.05, 3.63) is 0 Å². The second kappa shape index (κ2) is 5.47. The maximum Gasteiger partial charge on any atom is 0.306 e. The van der Waals surface area contributed by atoms with Gasteiger partial charge in [0.15, 0.2) is 0 Å². The van der Waals surface area contributed by atoms with Gasteiger partial charge in [0, 0.05) is 13.7 Å². The van der Waals surface area contributed by atoms with E-state index in [1.54, 1.807) is 14.0 Å². The first-order valence-corrected chi connectivity index (χ1v) is 5.45. The average Bonchev–Trinajstić information content (AvgIpc) is 2.19. The average molecular weight is 216 g/mol. The van der Waals surface area contributed by atoms with Crippen molar-refractivity contribution in [3.8, 4) is 0 Å². The minimum Gasteiger partial charge on any atom is -0.481 e. The molecule has 0 aromatic carbocycles. The van der Waals surface area contributed by atoms with E-state index in [9.17, 15) is 4.79 Å². The summed E-state index contributed by atoms with van der Waals surface area (Å²) in [5, 5.41) is 8.90. The molecule has 0 saturated carbocycles. The molecule has 0 amide bonds. The molecule has 0 aliphatic carbocycles. The number of hydrogen-bond donors (Lipinski definition) is 1. The van der Waals surface area contributed by atoms with Gasteiger partial charge >= 0.3 is 5.97 Å². The fourth-order valence-electron chi connectivity index (χ4n) is 2.15. The Bertz CT molecular complexity index is 203. The molecular formula is C11H20O4. The van der Waals surface area contributed by atoms with E-state index in [-0.39, 0.29) is 11.5 Å². The number of methoxy groups -OCH3 is 1. The number of aliphatic carboxylic acids is 1. The van der Waals surface area contributed by atoms with Gasteiger partial charge in [-0.2, -0.15) is 0 Å². The van der Waals surface area contributed by atoms with Crippen molar-refractivity contribution in [2.45, 2.75) is 38.2 Å². The second-order valence-electron chi connectivity index (χ2n) is 4.37. The Morgan fingerprint density at radius 3 is 2.80 bits per heavy atom. The van der Waals surface area contributed by atoms with Crippen molar-refractivity contribution in [1.82, 2.24) is 0 Å². The molecule has 0 radical (unpaired) electrons. The normalized spacial score (nSPS) is 28.7. The molecule has 1 heterocycles. The number of rotatable bonds is 5. The SMILES string of the molecule is COCC1(CC(C)C(=O)O)CCCCO1. The van der Waals surface area contributed by atoms with Gasteiger partial charge in [-0.05, 0) is 25.7 Å². The van der Waals surface area contributed by atoms with Crippen LogP contribution >= 0.6 is 0 Å². The highest BCUT2D eigenvalue weighted by Crippen LogP contribution is 2.31. The molecule has 0 bridgehead atoms. The van der Waals surface area contributed by atoms with Crippen molar-refractivity contribution >= 4 is 5.97 Å². The van der Waals surface area contributed by atoms with Crippen LogP contribution in [0, 0.1) is 5.92 Å². The number of carbonyl (C=O) groups is 1. The molecular weight excluding hydrogens is 196 g/mol. The van der Waals surface area contributed by atoms with Crippen molar-refractivity contribution < 1.29 is 19.4 Å². The van der Waals surface area contributed by atoms with Crippen LogP contribution in [0.25, 0.3) is 0 Å². The summed E-state index contributed by atoms with van der Waals surface area (Å²) in [5.74, 6) is -1.14. The molecule has 1 rings (SSSR count). The lowest BCUT2D eigenvalue weighted by atomic mass is 9.86. The highest BCUT2D eigenvalue weighted by Gasteiger charge is 2.36. The topological polar surface area (TPSA) is 55.8 Å². The van der Waals surface area contributed by atoms with Crippen LogP contribution < -0.4 is 0 Å². The molecule has 2 atom stereocenters. The van der Waals surface area contributed by atoms with Crippen LogP contribution in [-0.2, 0) is 14.3 Å². The summed E-state index contributed by atoms with van der Waals surface area (Å²) in [6, 6.07) is 0. The van der Waals surface area contributed by atoms with Crippen LogP contribution in [0.15, 0.2) is 0 Å². The fraction of sp³-hybridized carbons (Fsp3) is 0.909. The van der Waals surface area contributed by atoms with E-state index in [0.29, 0.717) is 13.0 Å². The maximum absolute atomic E-state index is 10.8. The van der Waals surface area contributed by atoms with Gasteiger partial charge in [0.05, 0.1) is 18.1 Å². The fourth-order valence-corrected chi connectivity index (χ4v) is 2.15. The largest absolute Gasteiger partial charge is 0.481 e. The van der Waals surface area contributed by atoms with Crippen LogP contribution in [0.1, 0.15) is 32.6 Å². The van der Waals surface area contributed by atoms with Crippen LogP contribution in [0.5, 0.6) is 0 Å². The van der Waals surface area contributed by atoms with E-state index in [2.05, 4.69) is 0 Å². The minimum atomic E-state index is -0.764. The van der Waals surface area contributed by atoms with Crippen molar-refractivity contribution in [1.29, 1.82) is 0 Å². The summed E-state index contributed by atoms with van der Waals surface area (Å²) < 4.78 is 10.9. The number of carboxylic acid groups (broad SMARTS) is 1. The molecule has 15 heavy (non-hydrogen) atoms.